The first-order valence-corrected chi connectivity index (χ1v) is 7.07. The fourth-order valence-electron chi connectivity index (χ4n) is 1.96. The second kappa shape index (κ2) is 7.12. The summed E-state index contributed by atoms with van der Waals surface area (Å²) in [5.74, 6) is 0.975. The van der Waals surface area contributed by atoms with Gasteiger partial charge in [0.25, 0.3) is 5.91 Å². The summed E-state index contributed by atoms with van der Waals surface area (Å²) < 4.78 is 0. The molecule has 106 valence electrons. The second-order valence-corrected chi connectivity index (χ2v) is 4.98. The highest BCUT2D eigenvalue weighted by molar-refractivity contribution is 5.95. The predicted octanol–water partition coefficient (Wildman–Crippen LogP) is 2.73. The zero-order valence-corrected chi connectivity index (χ0v) is 12.4. The van der Waals surface area contributed by atoms with E-state index < -0.39 is 0 Å². The van der Waals surface area contributed by atoms with Gasteiger partial charge in [-0.2, -0.15) is 0 Å². The maximum Gasteiger partial charge on any atom is 0.254 e. The van der Waals surface area contributed by atoms with E-state index in [2.05, 4.69) is 18.8 Å². The molecule has 1 atom stereocenters. The van der Waals surface area contributed by atoms with Crippen molar-refractivity contribution in [3.05, 3.63) is 23.4 Å². The van der Waals surface area contributed by atoms with Crippen molar-refractivity contribution in [1.29, 1.82) is 0 Å². The standard InChI is InChI=1S/C15H25N3O/c1-5-11(4)10-18(7-3)15(19)12-8-13(6-2)17-14(16)9-12/h8-9,11H,5-7,10H2,1-4H3,(H2,16,17). The van der Waals surface area contributed by atoms with Crippen molar-refractivity contribution < 1.29 is 4.79 Å². The summed E-state index contributed by atoms with van der Waals surface area (Å²) in [5, 5.41) is 0. The lowest BCUT2D eigenvalue weighted by atomic mass is 10.1. The van der Waals surface area contributed by atoms with E-state index in [0.717, 1.165) is 25.1 Å². The number of carbonyl (C=O) groups is 1. The molecular weight excluding hydrogens is 238 g/mol. The highest BCUT2D eigenvalue weighted by Gasteiger charge is 2.17. The fourth-order valence-corrected chi connectivity index (χ4v) is 1.96. The predicted molar refractivity (Wildman–Crippen MR) is 79.1 cm³/mol. The molecule has 19 heavy (non-hydrogen) atoms. The van der Waals surface area contributed by atoms with Crippen LogP contribution >= 0.6 is 0 Å². The maximum atomic E-state index is 12.5. The van der Waals surface area contributed by atoms with E-state index in [4.69, 9.17) is 5.73 Å². The van der Waals surface area contributed by atoms with E-state index in [9.17, 15) is 4.79 Å². The van der Waals surface area contributed by atoms with Crippen LogP contribution in [-0.2, 0) is 6.42 Å². The lowest BCUT2D eigenvalue weighted by Gasteiger charge is -2.24. The van der Waals surface area contributed by atoms with Crippen LogP contribution in [0.5, 0.6) is 0 Å². The van der Waals surface area contributed by atoms with Gasteiger partial charge in [0, 0.05) is 24.3 Å². The van der Waals surface area contributed by atoms with Crippen LogP contribution in [0.3, 0.4) is 0 Å². The number of amides is 1. The van der Waals surface area contributed by atoms with E-state index >= 15 is 0 Å². The van der Waals surface area contributed by atoms with Crippen LogP contribution in [0, 0.1) is 5.92 Å². The van der Waals surface area contributed by atoms with Gasteiger partial charge in [-0.05, 0) is 31.4 Å². The summed E-state index contributed by atoms with van der Waals surface area (Å²) in [5.41, 5.74) is 7.27. The van der Waals surface area contributed by atoms with Crippen molar-refractivity contribution in [2.45, 2.75) is 40.5 Å². The SMILES string of the molecule is CCc1cc(C(=O)N(CC)CC(C)CC)cc(N)n1. The zero-order chi connectivity index (χ0) is 14.4. The molecule has 1 amide bonds. The molecule has 0 aliphatic carbocycles. The van der Waals surface area contributed by atoms with E-state index in [-0.39, 0.29) is 5.91 Å². The molecule has 0 radical (unpaired) electrons. The maximum absolute atomic E-state index is 12.5. The van der Waals surface area contributed by atoms with Crippen LogP contribution < -0.4 is 5.73 Å². The number of hydrogen-bond donors (Lipinski definition) is 1. The van der Waals surface area contributed by atoms with Crippen LogP contribution in [0.25, 0.3) is 0 Å². The van der Waals surface area contributed by atoms with Gasteiger partial charge in [-0.3, -0.25) is 4.79 Å². The highest BCUT2D eigenvalue weighted by Crippen LogP contribution is 2.13. The molecule has 4 nitrogen and oxygen atoms in total. The number of nitrogens with zero attached hydrogens (tertiary/aromatic N) is 2. The van der Waals surface area contributed by atoms with Crippen molar-refractivity contribution >= 4 is 11.7 Å². The summed E-state index contributed by atoms with van der Waals surface area (Å²) in [6, 6.07) is 3.51. The molecule has 2 N–H and O–H groups in total. The summed E-state index contributed by atoms with van der Waals surface area (Å²) in [6.07, 6.45) is 1.85. The first-order valence-electron chi connectivity index (χ1n) is 7.07. The van der Waals surface area contributed by atoms with Crippen molar-refractivity contribution in [3.63, 3.8) is 0 Å². The zero-order valence-electron chi connectivity index (χ0n) is 12.4. The average Bonchev–Trinajstić information content (AvgIpc) is 2.42. The van der Waals surface area contributed by atoms with Gasteiger partial charge in [-0.1, -0.05) is 27.2 Å². The largest absolute Gasteiger partial charge is 0.384 e. The third-order valence-corrected chi connectivity index (χ3v) is 3.41. The van der Waals surface area contributed by atoms with Gasteiger partial charge >= 0.3 is 0 Å². The number of rotatable bonds is 6. The molecular formula is C15H25N3O. The average molecular weight is 263 g/mol. The molecule has 0 aromatic carbocycles. The van der Waals surface area contributed by atoms with Crippen LogP contribution in [0.2, 0.25) is 0 Å². The molecule has 1 aromatic heterocycles. The fraction of sp³-hybridized carbons (Fsp3) is 0.600. The Bertz CT molecular complexity index is 431. The van der Waals surface area contributed by atoms with Crippen LogP contribution in [0.15, 0.2) is 12.1 Å². The summed E-state index contributed by atoms with van der Waals surface area (Å²) >= 11 is 0. The molecule has 1 unspecified atom stereocenters. The molecule has 1 rings (SSSR count). The number of hydrogen-bond acceptors (Lipinski definition) is 3. The molecule has 1 heterocycles. The smallest absolute Gasteiger partial charge is 0.254 e. The Morgan fingerprint density at radius 2 is 2.05 bits per heavy atom. The summed E-state index contributed by atoms with van der Waals surface area (Å²) in [7, 11) is 0. The number of aryl methyl sites for hydroxylation is 1. The third-order valence-electron chi connectivity index (χ3n) is 3.41. The minimum absolute atomic E-state index is 0.0478. The molecule has 0 aliphatic rings. The van der Waals surface area contributed by atoms with E-state index in [0.29, 0.717) is 23.8 Å². The number of anilines is 1. The van der Waals surface area contributed by atoms with Crippen LogP contribution in [0.1, 0.15) is 50.2 Å². The Morgan fingerprint density at radius 3 is 2.58 bits per heavy atom. The lowest BCUT2D eigenvalue weighted by Crippen LogP contribution is -2.34. The second-order valence-electron chi connectivity index (χ2n) is 4.98. The quantitative estimate of drug-likeness (QED) is 0.858. The molecule has 1 aromatic rings. The monoisotopic (exact) mass is 263 g/mol. The van der Waals surface area contributed by atoms with Crippen molar-refractivity contribution in [2.24, 2.45) is 5.92 Å². The van der Waals surface area contributed by atoms with Crippen molar-refractivity contribution in [2.75, 3.05) is 18.8 Å². The van der Waals surface area contributed by atoms with E-state index in [1.165, 1.54) is 0 Å². The van der Waals surface area contributed by atoms with Gasteiger partial charge in [0.2, 0.25) is 0 Å². The van der Waals surface area contributed by atoms with E-state index in [1.807, 2.05) is 24.8 Å². The number of aromatic nitrogens is 1. The van der Waals surface area contributed by atoms with Crippen LogP contribution in [-0.4, -0.2) is 28.9 Å². The van der Waals surface area contributed by atoms with Gasteiger partial charge in [-0.15, -0.1) is 0 Å². The Hall–Kier alpha value is -1.58. The Balaban J connectivity index is 2.93. The first kappa shape index (κ1) is 15.5. The molecule has 0 saturated heterocycles. The molecule has 0 fully saturated rings. The number of nitrogen functional groups attached to an aromatic ring is 1. The van der Waals surface area contributed by atoms with Crippen LogP contribution in [0.4, 0.5) is 5.82 Å². The minimum Gasteiger partial charge on any atom is -0.384 e. The summed E-state index contributed by atoms with van der Waals surface area (Å²) in [4.78, 5) is 18.6. The molecule has 0 saturated carbocycles. The number of pyridine rings is 1. The lowest BCUT2D eigenvalue weighted by molar-refractivity contribution is 0.0740. The van der Waals surface area contributed by atoms with Gasteiger partial charge in [0.1, 0.15) is 5.82 Å². The molecule has 0 bridgehead atoms. The Morgan fingerprint density at radius 1 is 1.37 bits per heavy atom. The Labute approximate surface area is 116 Å². The highest BCUT2D eigenvalue weighted by atomic mass is 16.2. The topological polar surface area (TPSA) is 59.2 Å². The number of nitrogens with two attached hydrogens (primary N) is 1. The van der Waals surface area contributed by atoms with E-state index in [1.54, 1.807) is 6.07 Å². The van der Waals surface area contributed by atoms with Gasteiger partial charge in [0.15, 0.2) is 0 Å². The molecule has 0 spiro atoms. The minimum atomic E-state index is 0.0478. The van der Waals surface area contributed by atoms with Crippen molar-refractivity contribution in [1.82, 2.24) is 9.88 Å². The van der Waals surface area contributed by atoms with Gasteiger partial charge < -0.3 is 10.6 Å². The normalized spacial score (nSPS) is 12.2. The third kappa shape index (κ3) is 4.23. The van der Waals surface area contributed by atoms with Gasteiger partial charge in [0.05, 0.1) is 0 Å². The van der Waals surface area contributed by atoms with Gasteiger partial charge in [-0.25, -0.2) is 4.98 Å². The molecule has 4 heteroatoms. The van der Waals surface area contributed by atoms with Crippen molar-refractivity contribution in [3.8, 4) is 0 Å². The Kier molecular flexibility index (Phi) is 5.80. The first-order chi connectivity index (χ1) is 9.01. The number of carbonyl (C=O) groups excluding carboxylic acids is 1. The summed E-state index contributed by atoms with van der Waals surface area (Å²) in [6.45, 7) is 9.82. The molecule has 0 aliphatic heterocycles.